The molecule has 0 atom stereocenters. The molecule has 3 N–H and O–H groups in total. The third-order valence-electron chi connectivity index (χ3n) is 3.75. The molecule has 0 unspecified atom stereocenters. The summed E-state index contributed by atoms with van der Waals surface area (Å²) >= 11 is 0. The van der Waals surface area contributed by atoms with Gasteiger partial charge in [-0.3, -0.25) is 4.79 Å². The van der Waals surface area contributed by atoms with Crippen LogP contribution in [0.15, 0.2) is 59.7 Å². The lowest BCUT2D eigenvalue weighted by Gasteiger charge is -2.06. The Bertz CT molecular complexity index is 967. The maximum atomic E-state index is 12.1. The zero-order valence-corrected chi connectivity index (χ0v) is 13.4. The lowest BCUT2D eigenvalue weighted by atomic mass is 10.0. The van der Waals surface area contributed by atoms with E-state index in [9.17, 15) is 15.0 Å². The van der Waals surface area contributed by atoms with Crippen molar-refractivity contribution in [1.29, 1.82) is 0 Å². The average Bonchev–Trinajstić information content (AvgIpc) is 2.63. The van der Waals surface area contributed by atoms with Crippen molar-refractivity contribution >= 4 is 22.9 Å². The van der Waals surface area contributed by atoms with E-state index in [-0.39, 0.29) is 22.8 Å². The molecule has 0 spiro atoms. The molecule has 6 nitrogen and oxygen atoms in total. The summed E-state index contributed by atoms with van der Waals surface area (Å²) in [5.41, 5.74) is 3.19. The number of phenolic OH excluding ortho intramolecular Hbond substituents is 2. The molecule has 0 aromatic heterocycles. The van der Waals surface area contributed by atoms with Crippen LogP contribution in [0.5, 0.6) is 17.2 Å². The van der Waals surface area contributed by atoms with Crippen molar-refractivity contribution in [2.75, 3.05) is 7.11 Å². The first-order chi connectivity index (χ1) is 12.1. The van der Waals surface area contributed by atoms with Crippen molar-refractivity contribution in [3.8, 4) is 17.2 Å². The van der Waals surface area contributed by atoms with E-state index >= 15 is 0 Å². The summed E-state index contributed by atoms with van der Waals surface area (Å²) in [6.07, 6.45) is 1.40. The van der Waals surface area contributed by atoms with E-state index in [1.165, 1.54) is 31.5 Å². The quantitative estimate of drug-likeness (QED) is 0.504. The molecule has 0 bridgehead atoms. The van der Waals surface area contributed by atoms with Gasteiger partial charge < -0.3 is 14.9 Å². The molecule has 126 valence electrons. The summed E-state index contributed by atoms with van der Waals surface area (Å²) in [7, 11) is 1.40. The Morgan fingerprint density at radius 1 is 1.08 bits per heavy atom. The van der Waals surface area contributed by atoms with Crippen molar-refractivity contribution in [2.45, 2.75) is 0 Å². The largest absolute Gasteiger partial charge is 0.507 e. The summed E-state index contributed by atoms with van der Waals surface area (Å²) < 4.78 is 4.97. The topological polar surface area (TPSA) is 91.2 Å². The van der Waals surface area contributed by atoms with Gasteiger partial charge in [0.1, 0.15) is 5.75 Å². The van der Waals surface area contributed by atoms with E-state index in [0.29, 0.717) is 5.56 Å². The van der Waals surface area contributed by atoms with E-state index in [0.717, 1.165) is 10.8 Å². The minimum Gasteiger partial charge on any atom is -0.507 e. The lowest BCUT2D eigenvalue weighted by molar-refractivity contribution is 0.0954. The standard InChI is InChI=1S/C19H16N2O4/c1-25-18-10-13(7-9-17(18)23)19(24)21-20-11-15-14-5-3-2-4-12(14)6-8-16(15)22/h2-11,22-23H,1H3,(H,21,24). The summed E-state index contributed by atoms with van der Waals surface area (Å²) in [6.45, 7) is 0. The predicted molar refractivity (Wildman–Crippen MR) is 95.3 cm³/mol. The SMILES string of the molecule is COc1cc(C(=O)NN=Cc2c(O)ccc3ccccc23)ccc1O. The molecule has 0 aliphatic heterocycles. The molecule has 1 amide bonds. The second kappa shape index (κ2) is 6.92. The molecule has 0 fully saturated rings. The predicted octanol–water partition coefficient (Wildman–Crippen LogP) is 3.02. The molecule has 3 aromatic carbocycles. The number of amides is 1. The molecular weight excluding hydrogens is 320 g/mol. The second-order valence-electron chi connectivity index (χ2n) is 5.31. The number of nitrogens with one attached hydrogen (secondary N) is 1. The molecule has 25 heavy (non-hydrogen) atoms. The van der Waals surface area contributed by atoms with Gasteiger partial charge in [0.05, 0.1) is 13.3 Å². The number of phenols is 2. The second-order valence-corrected chi connectivity index (χ2v) is 5.31. The van der Waals surface area contributed by atoms with Crippen molar-refractivity contribution < 1.29 is 19.7 Å². The Morgan fingerprint density at radius 2 is 1.84 bits per heavy atom. The molecule has 6 heteroatoms. The monoisotopic (exact) mass is 336 g/mol. The number of carbonyl (C=O) groups excluding carboxylic acids is 1. The number of rotatable bonds is 4. The van der Waals surface area contributed by atoms with Gasteiger partial charge in [-0.05, 0) is 35.0 Å². The third-order valence-corrected chi connectivity index (χ3v) is 3.75. The van der Waals surface area contributed by atoms with E-state index in [4.69, 9.17) is 4.74 Å². The molecule has 0 radical (unpaired) electrons. The van der Waals surface area contributed by atoms with E-state index in [2.05, 4.69) is 10.5 Å². The Labute approximate surface area is 144 Å². The normalized spacial score (nSPS) is 10.9. The summed E-state index contributed by atoms with van der Waals surface area (Å²) in [6, 6.07) is 15.2. The van der Waals surface area contributed by atoms with Crippen LogP contribution in [-0.4, -0.2) is 29.4 Å². The van der Waals surface area contributed by atoms with E-state index < -0.39 is 5.91 Å². The lowest BCUT2D eigenvalue weighted by Crippen LogP contribution is -2.17. The number of fused-ring (bicyclic) bond motifs is 1. The minimum atomic E-state index is -0.464. The molecule has 0 saturated carbocycles. The molecule has 0 heterocycles. The molecule has 0 aliphatic carbocycles. The zero-order valence-electron chi connectivity index (χ0n) is 13.4. The number of hydrazone groups is 1. The van der Waals surface area contributed by atoms with Crippen LogP contribution in [0.25, 0.3) is 10.8 Å². The minimum absolute atomic E-state index is 0.0526. The maximum absolute atomic E-state index is 12.1. The average molecular weight is 336 g/mol. The number of methoxy groups -OCH3 is 1. The van der Waals surface area contributed by atoms with Gasteiger partial charge in [0.25, 0.3) is 5.91 Å². The smallest absolute Gasteiger partial charge is 0.271 e. The van der Waals surface area contributed by atoms with E-state index in [1.807, 2.05) is 30.3 Å². The Hall–Kier alpha value is -3.54. The van der Waals surface area contributed by atoms with Gasteiger partial charge in [0.15, 0.2) is 11.5 Å². The van der Waals surface area contributed by atoms with Crippen molar-refractivity contribution in [3.05, 3.63) is 65.7 Å². The van der Waals surface area contributed by atoms with Crippen LogP contribution in [0, 0.1) is 0 Å². The highest BCUT2D eigenvalue weighted by molar-refractivity contribution is 6.03. The molecular formula is C19H16N2O4. The number of aromatic hydroxyl groups is 2. The fourth-order valence-electron chi connectivity index (χ4n) is 2.46. The first-order valence-corrected chi connectivity index (χ1v) is 7.51. The van der Waals surface area contributed by atoms with Gasteiger partial charge in [-0.1, -0.05) is 30.3 Å². The Morgan fingerprint density at radius 3 is 2.64 bits per heavy atom. The first-order valence-electron chi connectivity index (χ1n) is 7.51. The fraction of sp³-hybridized carbons (Fsp3) is 0.0526. The van der Waals surface area contributed by atoms with Gasteiger partial charge in [0, 0.05) is 11.1 Å². The van der Waals surface area contributed by atoms with Crippen LogP contribution in [0.3, 0.4) is 0 Å². The summed E-state index contributed by atoms with van der Waals surface area (Å²) in [5, 5.41) is 25.3. The Balaban J connectivity index is 1.82. The molecule has 3 rings (SSSR count). The summed E-state index contributed by atoms with van der Waals surface area (Å²) in [5.74, 6) is -0.246. The number of ether oxygens (including phenoxy) is 1. The van der Waals surface area contributed by atoms with Gasteiger partial charge in [-0.15, -0.1) is 0 Å². The highest BCUT2D eigenvalue weighted by atomic mass is 16.5. The highest BCUT2D eigenvalue weighted by Crippen LogP contribution is 2.27. The molecule has 3 aromatic rings. The van der Waals surface area contributed by atoms with Crippen LogP contribution >= 0.6 is 0 Å². The number of carbonyl (C=O) groups is 1. The van der Waals surface area contributed by atoms with E-state index in [1.54, 1.807) is 6.07 Å². The van der Waals surface area contributed by atoms with Crippen LogP contribution in [0.2, 0.25) is 0 Å². The van der Waals surface area contributed by atoms with Crippen LogP contribution in [0.4, 0.5) is 0 Å². The number of hydrogen-bond donors (Lipinski definition) is 3. The van der Waals surface area contributed by atoms with Gasteiger partial charge >= 0.3 is 0 Å². The summed E-state index contributed by atoms with van der Waals surface area (Å²) in [4.78, 5) is 12.1. The Kier molecular flexibility index (Phi) is 4.52. The molecule has 0 saturated heterocycles. The number of nitrogens with zero attached hydrogens (tertiary/aromatic N) is 1. The van der Waals surface area contributed by atoms with Crippen LogP contribution in [0.1, 0.15) is 15.9 Å². The first kappa shape index (κ1) is 16.3. The number of hydrogen-bond acceptors (Lipinski definition) is 5. The van der Waals surface area contributed by atoms with Crippen LogP contribution in [-0.2, 0) is 0 Å². The molecule has 0 aliphatic rings. The van der Waals surface area contributed by atoms with Gasteiger partial charge in [-0.25, -0.2) is 5.43 Å². The number of benzene rings is 3. The van der Waals surface area contributed by atoms with Gasteiger partial charge in [0.2, 0.25) is 0 Å². The van der Waals surface area contributed by atoms with Crippen molar-refractivity contribution in [3.63, 3.8) is 0 Å². The van der Waals surface area contributed by atoms with Crippen LogP contribution < -0.4 is 10.2 Å². The fourth-order valence-corrected chi connectivity index (χ4v) is 2.46. The van der Waals surface area contributed by atoms with Crippen molar-refractivity contribution in [2.24, 2.45) is 5.10 Å². The highest BCUT2D eigenvalue weighted by Gasteiger charge is 2.09. The van der Waals surface area contributed by atoms with Crippen molar-refractivity contribution in [1.82, 2.24) is 5.43 Å². The zero-order chi connectivity index (χ0) is 17.8. The van der Waals surface area contributed by atoms with Gasteiger partial charge in [-0.2, -0.15) is 5.10 Å². The third kappa shape index (κ3) is 3.37. The maximum Gasteiger partial charge on any atom is 0.271 e.